The molecule has 5 nitrogen and oxygen atoms in total. The van der Waals surface area contributed by atoms with Crippen LogP contribution in [0.3, 0.4) is 0 Å². The molecule has 0 spiro atoms. The van der Waals surface area contributed by atoms with Crippen LogP contribution >= 0.6 is 0 Å². The van der Waals surface area contributed by atoms with Crippen LogP contribution in [0.2, 0.25) is 0 Å². The first-order chi connectivity index (χ1) is 6.24. The monoisotopic (exact) mass is 180 g/mol. The van der Waals surface area contributed by atoms with Crippen molar-refractivity contribution in [2.24, 2.45) is 0 Å². The van der Waals surface area contributed by atoms with Crippen LogP contribution in [0.1, 0.15) is 0 Å². The van der Waals surface area contributed by atoms with E-state index in [1.54, 1.807) is 0 Å². The molecule has 0 N–H and O–H groups in total. The Morgan fingerprint density at radius 1 is 1.54 bits per heavy atom. The Kier molecular flexibility index (Phi) is 2.97. The molecular formula is C8H6NO4. The summed E-state index contributed by atoms with van der Waals surface area (Å²) in [4.78, 5) is 19.6. The van der Waals surface area contributed by atoms with Crippen LogP contribution < -0.4 is 4.74 Å². The minimum Gasteiger partial charge on any atom is -0.485 e. The Bertz CT molecular complexity index is 324. The van der Waals surface area contributed by atoms with Crippen molar-refractivity contribution in [3.63, 3.8) is 0 Å². The van der Waals surface area contributed by atoms with Gasteiger partial charge >= 0.3 is 0 Å². The Labute approximate surface area is 74.1 Å². The summed E-state index contributed by atoms with van der Waals surface area (Å²) in [5.41, 5.74) is -0.0663. The summed E-state index contributed by atoms with van der Waals surface area (Å²) in [6.07, 6.45) is 1.52. The molecule has 0 aliphatic rings. The molecule has 0 fully saturated rings. The topological polar surface area (TPSA) is 69.4 Å². The molecule has 0 heterocycles. The molecule has 1 radical (unpaired) electrons. The van der Waals surface area contributed by atoms with Crippen molar-refractivity contribution in [2.75, 3.05) is 6.61 Å². The molecule has 5 heteroatoms. The number of non-ortho nitro benzene ring substituents is 1. The summed E-state index contributed by atoms with van der Waals surface area (Å²) in [5, 5.41) is 10.3. The second-order valence-corrected chi connectivity index (χ2v) is 2.19. The zero-order valence-electron chi connectivity index (χ0n) is 6.60. The van der Waals surface area contributed by atoms with E-state index in [0.717, 1.165) is 0 Å². The van der Waals surface area contributed by atoms with Gasteiger partial charge in [0.05, 0.1) is 11.0 Å². The number of rotatable bonds is 4. The lowest BCUT2D eigenvalue weighted by Gasteiger charge is -1.99. The van der Waals surface area contributed by atoms with Crippen LogP contribution in [-0.4, -0.2) is 17.8 Å². The maximum absolute atomic E-state index is 10.3. The van der Waals surface area contributed by atoms with E-state index in [0.29, 0.717) is 0 Å². The predicted molar refractivity (Wildman–Crippen MR) is 44.3 cm³/mol. The molecule has 67 valence electrons. The van der Waals surface area contributed by atoms with Crippen LogP contribution in [0.15, 0.2) is 24.3 Å². The highest BCUT2D eigenvalue weighted by Crippen LogP contribution is 2.18. The van der Waals surface area contributed by atoms with Gasteiger partial charge in [-0.05, 0) is 6.07 Å². The minimum absolute atomic E-state index is 0.0663. The fraction of sp³-hybridized carbons (Fsp3) is 0.125. The minimum atomic E-state index is -0.530. The van der Waals surface area contributed by atoms with Gasteiger partial charge in [0, 0.05) is 6.07 Å². The van der Waals surface area contributed by atoms with Gasteiger partial charge < -0.3 is 4.74 Å². The van der Waals surface area contributed by atoms with Crippen molar-refractivity contribution >= 4 is 12.0 Å². The normalized spacial score (nSPS) is 9.23. The zero-order valence-corrected chi connectivity index (χ0v) is 6.60. The fourth-order valence-electron chi connectivity index (χ4n) is 0.800. The number of benzene rings is 1. The molecule has 0 atom stereocenters. The third-order valence-electron chi connectivity index (χ3n) is 1.33. The number of hydrogen-bond acceptors (Lipinski definition) is 4. The smallest absolute Gasteiger partial charge is 0.273 e. The van der Waals surface area contributed by atoms with Crippen molar-refractivity contribution in [3.8, 4) is 5.75 Å². The molecule has 1 rings (SSSR count). The highest BCUT2D eigenvalue weighted by Gasteiger charge is 2.05. The molecule has 0 saturated heterocycles. The van der Waals surface area contributed by atoms with Crippen LogP contribution in [-0.2, 0) is 4.79 Å². The van der Waals surface area contributed by atoms with E-state index in [1.165, 1.54) is 30.6 Å². The number of nitro groups is 1. The van der Waals surface area contributed by atoms with Crippen molar-refractivity contribution < 1.29 is 14.5 Å². The van der Waals surface area contributed by atoms with Crippen molar-refractivity contribution in [1.29, 1.82) is 0 Å². The van der Waals surface area contributed by atoms with Gasteiger partial charge in [0.1, 0.15) is 5.75 Å². The third kappa shape index (κ3) is 2.55. The molecule has 0 unspecified atom stereocenters. The van der Waals surface area contributed by atoms with E-state index in [9.17, 15) is 14.9 Å². The Morgan fingerprint density at radius 2 is 2.31 bits per heavy atom. The van der Waals surface area contributed by atoms with E-state index in [4.69, 9.17) is 4.74 Å². The van der Waals surface area contributed by atoms with Crippen LogP contribution in [0.25, 0.3) is 0 Å². The number of carbonyl (C=O) groups excluding carboxylic acids is 1. The van der Waals surface area contributed by atoms with Crippen molar-refractivity contribution in [2.45, 2.75) is 0 Å². The Morgan fingerprint density at radius 3 is 2.92 bits per heavy atom. The molecule has 0 aliphatic carbocycles. The predicted octanol–water partition coefficient (Wildman–Crippen LogP) is 1.08. The van der Waals surface area contributed by atoms with Crippen molar-refractivity contribution in [3.05, 3.63) is 34.4 Å². The maximum Gasteiger partial charge on any atom is 0.273 e. The summed E-state index contributed by atoms with van der Waals surface area (Å²) < 4.78 is 4.82. The number of nitro benzene ring substituents is 1. The van der Waals surface area contributed by atoms with E-state index < -0.39 is 4.92 Å². The first-order valence-electron chi connectivity index (χ1n) is 3.46. The molecule has 13 heavy (non-hydrogen) atoms. The average Bonchev–Trinajstić information content (AvgIpc) is 2.15. The van der Waals surface area contributed by atoms with Gasteiger partial charge in [0.2, 0.25) is 6.29 Å². The Balaban J connectivity index is 2.79. The fourth-order valence-corrected chi connectivity index (χ4v) is 0.800. The molecule has 0 saturated carbocycles. The van der Waals surface area contributed by atoms with E-state index in [-0.39, 0.29) is 18.0 Å². The summed E-state index contributed by atoms with van der Waals surface area (Å²) in [7, 11) is 0. The van der Waals surface area contributed by atoms with Gasteiger partial charge in [-0.3, -0.25) is 14.9 Å². The maximum atomic E-state index is 10.3. The second-order valence-electron chi connectivity index (χ2n) is 2.19. The van der Waals surface area contributed by atoms with Crippen LogP contribution in [0.4, 0.5) is 5.69 Å². The van der Waals surface area contributed by atoms with Gasteiger partial charge in [-0.2, -0.15) is 0 Å². The summed E-state index contributed by atoms with van der Waals surface area (Å²) >= 11 is 0. The summed E-state index contributed by atoms with van der Waals surface area (Å²) in [5.74, 6) is 0.289. The molecule has 1 aromatic rings. The lowest BCUT2D eigenvalue weighted by Crippen LogP contribution is -1.97. The molecular weight excluding hydrogens is 174 g/mol. The highest BCUT2D eigenvalue weighted by molar-refractivity contribution is 5.52. The van der Waals surface area contributed by atoms with Crippen LogP contribution in [0.5, 0.6) is 5.75 Å². The van der Waals surface area contributed by atoms with Gasteiger partial charge in [0.15, 0.2) is 6.61 Å². The van der Waals surface area contributed by atoms with Gasteiger partial charge in [-0.25, -0.2) is 0 Å². The molecule has 0 aromatic heterocycles. The average molecular weight is 180 g/mol. The quantitative estimate of drug-likeness (QED) is 0.513. The second kappa shape index (κ2) is 4.20. The van der Waals surface area contributed by atoms with E-state index in [2.05, 4.69) is 0 Å². The highest BCUT2D eigenvalue weighted by atomic mass is 16.6. The molecule has 1 aromatic carbocycles. The van der Waals surface area contributed by atoms with Gasteiger partial charge in [0.25, 0.3) is 5.69 Å². The lowest BCUT2D eigenvalue weighted by molar-refractivity contribution is -0.384. The molecule has 0 amide bonds. The van der Waals surface area contributed by atoms with Gasteiger partial charge in [-0.1, -0.05) is 6.07 Å². The number of hydrogen-bond donors (Lipinski definition) is 0. The van der Waals surface area contributed by atoms with Crippen LogP contribution in [0, 0.1) is 10.1 Å². The summed E-state index contributed by atoms with van der Waals surface area (Å²) in [6, 6.07) is 5.61. The third-order valence-corrected chi connectivity index (χ3v) is 1.33. The van der Waals surface area contributed by atoms with E-state index >= 15 is 0 Å². The number of nitrogens with zero attached hydrogens (tertiary/aromatic N) is 1. The SMILES string of the molecule is O=[C]COc1cccc([N+](=O)[O-])c1. The van der Waals surface area contributed by atoms with Gasteiger partial charge in [-0.15, -0.1) is 0 Å². The Hall–Kier alpha value is -1.91. The van der Waals surface area contributed by atoms with Crippen molar-refractivity contribution in [1.82, 2.24) is 0 Å². The van der Waals surface area contributed by atoms with E-state index in [1.807, 2.05) is 0 Å². The first-order valence-corrected chi connectivity index (χ1v) is 3.46. The summed E-state index contributed by atoms with van der Waals surface area (Å²) in [6.45, 7) is -0.221. The zero-order chi connectivity index (χ0) is 9.68. The lowest BCUT2D eigenvalue weighted by atomic mass is 10.3. The largest absolute Gasteiger partial charge is 0.485 e. The number of ether oxygens (including phenoxy) is 1. The first kappa shape index (κ1) is 9.18. The standard InChI is InChI=1S/C8H6NO4/c10-4-5-13-8-3-1-2-7(6-8)9(11)12/h1-3,6H,5H2. The molecule has 0 bridgehead atoms. The molecule has 0 aliphatic heterocycles.